The van der Waals surface area contributed by atoms with Gasteiger partial charge in [-0.05, 0) is 42.5 Å². The van der Waals surface area contributed by atoms with Crippen molar-refractivity contribution in [1.82, 2.24) is 19.9 Å². The van der Waals surface area contributed by atoms with Gasteiger partial charge in [0.2, 0.25) is 11.8 Å². The average molecular weight is 578 g/mol. The molecule has 11 nitrogen and oxygen atoms in total. The summed E-state index contributed by atoms with van der Waals surface area (Å²) in [6, 6.07) is 10.2. The largest absolute Gasteiger partial charge is 0.480 e. The Morgan fingerprint density at radius 3 is 2.45 bits per heavy atom. The number of amides is 1. The third-order valence-electron chi connectivity index (χ3n) is 5.25. The van der Waals surface area contributed by atoms with Gasteiger partial charge in [-0.3, -0.25) is 18.5 Å². The van der Waals surface area contributed by atoms with Crippen LogP contribution in [0.2, 0.25) is 10.0 Å². The van der Waals surface area contributed by atoms with Crippen LogP contribution in [-0.2, 0) is 19.6 Å². The van der Waals surface area contributed by atoms with Crippen molar-refractivity contribution in [2.75, 3.05) is 24.0 Å². The summed E-state index contributed by atoms with van der Waals surface area (Å²) >= 11 is 12.0. The molecule has 0 unspecified atom stereocenters. The van der Waals surface area contributed by atoms with Gasteiger partial charge in [0.1, 0.15) is 13.2 Å². The Bertz CT molecular complexity index is 1590. The van der Waals surface area contributed by atoms with Crippen LogP contribution >= 0.6 is 23.2 Å². The highest BCUT2D eigenvalue weighted by Crippen LogP contribution is 2.31. The van der Waals surface area contributed by atoms with E-state index in [2.05, 4.69) is 15.3 Å². The Morgan fingerprint density at radius 1 is 1.08 bits per heavy atom. The molecule has 0 aliphatic rings. The van der Waals surface area contributed by atoms with Gasteiger partial charge in [0.15, 0.2) is 5.82 Å². The van der Waals surface area contributed by atoms with Crippen molar-refractivity contribution in [2.45, 2.75) is 11.8 Å². The number of aliphatic carboxylic acids is 1. The van der Waals surface area contributed by atoms with Crippen LogP contribution in [-0.4, -0.2) is 59.6 Å². The minimum Gasteiger partial charge on any atom is -0.480 e. The number of nitrogens with zero attached hydrogens (tertiary/aromatic N) is 4. The van der Waals surface area contributed by atoms with Gasteiger partial charge in [-0.2, -0.15) is 0 Å². The van der Waals surface area contributed by atoms with Gasteiger partial charge in [0, 0.05) is 28.6 Å². The number of halogens is 2. The fourth-order valence-corrected chi connectivity index (χ4v) is 5.75. The molecule has 2 N–H and O–H groups in total. The first-order valence-electron chi connectivity index (χ1n) is 11.1. The van der Waals surface area contributed by atoms with E-state index in [0.29, 0.717) is 23.3 Å². The third kappa shape index (κ3) is 6.15. The van der Waals surface area contributed by atoms with E-state index in [-0.39, 0.29) is 39.0 Å². The number of carbonyl (C=O) groups is 2. The highest BCUT2D eigenvalue weighted by Gasteiger charge is 2.28. The zero-order valence-electron chi connectivity index (χ0n) is 19.8. The van der Waals surface area contributed by atoms with Crippen molar-refractivity contribution in [1.29, 1.82) is 0 Å². The van der Waals surface area contributed by atoms with Crippen LogP contribution in [0.1, 0.15) is 6.92 Å². The van der Waals surface area contributed by atoms with Crippen molar-refractivity contribution >= 4 is 61.7 Å². The van der Waals surface area contributed by atoms with E-state index in [1.54, 1.807) is 29.0 Å². The minimum absolute atomic E-state index is 0.101. The number of carboxylic acids is 1. The molecule has 38 heavy (non-hydrogen) atoms. The van der Waals surface area contributed by atoms with Gasteiger partial charge in [0.25, 0.3) is 10.0 Å². The van der Waals surface area contributed by atoms with Crippen molar-refractivity contribution in [3.8, 4) is 11.7 Å². The molecule has 4 rings (SSSR count). The van der Waals surface area contributed by atoms with Gasteiger partial charge >= 0.3 is 5.97 Å². The number of anilines is 1. The van der Waals surface area contributed by atoms with Gasteiger partial charge in [-0.25, -0.2) is 18.4 Å². The minimum atomic E-state index is -4.31. The molecule has 0 bridgehead atoms. The number of rotatable bonds is 10. The molecule has 198 valence electrons. The maximum atomic E-state index is 13.4. The summed E-state index contributed by atoms with van der Waals surface area (Å²) in [4.78, 5) is 30.8. The molecule has 0 atom stereocenters. The Kier molecular flexibility index (Phi) is 8.05. The average Bonchev–Trinajstić information content (AvgIpc) is 3.28. The smallest absolute Gasteiger partial charge is 0.324 e. The van der Waals surface area contributed by atoms with Gasteiger partial charge < -0.3 is 15.2 Å². The summed E-state index contributed by atoms with van der Waals surface area (Å²) < 4.78 is 34.7. The predicted octanol–water partition coefficient (Wildman–Crippen LogP) is 3.52. The van der Waals surface area contributed by atoms with Crippen LogP contribution in [0.25, 0.3) is 16.7 Å². The Labute approximate surface area is 227 Å². The second-order valence-electron chi connectivity index (χ2n) is 7.98. The summed E-state index contributed by atoms with van der Waals surface area (Å²) in [5.74, 6) is -0.733. The fraction of sp³-hybridized carbons (Fsp3) is 0.167. The summed E-state index contributed by atoms with van der Waals surface area (Å²) in [5, 5.41) is 12.9. The summed E-state index contributed by atoms with van der Waals surface area (Å²) in [7, 11) is -4.31. The standard InChI is InChI=1S/C24H21Cl2N5O6S/c1-15(32)27-5-7-37-23-13-28-22(12-29-23)30-6-4-16-8-19(2-3-21(16)30)31(14-24(33)34)38(35,36)20-10-17(25)9-18(26)11-20/h2-4,6,8-13H,5,7,14H2,1H3,(H,27,32)(H,33,34). The van der Waals surface area contributed by atoms with Crippen molar-refractivity contribution in [3.05, 3.63) is 71.1 Å². The first kappa shape index (κ1) is 27.2. The number of carboxylic acid groups (broad SMARTS) is 1. The van der Waals surface area contributed by atoms with E-state index in [9.17, 15) is 23.1 Å². The Morgan fingerprint density at radius 2 is 1.82 bits per heavy atom. The van der Waals surface area contributed by atoms with E-state index in [1.807, 2.05) is 0 Å². The van der Waals surface area contributed by atoms with Crippen LogP contribution in [0.5, 0.6) is 5.88 Å². The monoisotopic (exact) mass is 577 g/mol. The molecule has 0 radical (unpaired) electrons. The fourth-order valence-electron chi connectivity index (χ4n) is 3.62. The van der Waals surface area contributed by atoms with Gasteiger partial charge in [-0.15, -0.1) is 0 Å². The first-order chi connectivity index (χ1) is 18.0. The summed E-state index contributed by atoms with van der Waals surface area (Å²) in [5.41, 5.74) is 0.823. The molecular formula is C24H21Cl2N5O6S. The van der Waals surface area contributed by atoms with E-state index >= 15 is 0 Å². The number of fused-ring (bicyclic) bond motifs is 1. The van der Waals surface area contributed by atoms with E-state index in [4.69, 9.17) is 27.9 Å². The zero-order valence-corrected chi connectivity index (χ0v) is 22.2. The molecule has 4 aromatic rings. The maximum Gasteiger partial charge on any atom is 0.324 e. The van der Waals surface area contributed by atoms with Crippen molar-refractivity contribution in [3.63, 3.8) is 0 Å². The number of sulfonamides is 1. The van der Waals surface area contributed by atoms with Crippen LogP contribution in [0.15, 0.2) is 66.0 Å². The van der Waals surface area contributed by atoms with Crippen LogP contribution in [0.3, 0.4) is 0 Å². The molecule has 0 aliphatic heterocycles. The topological polar surface area (TPSA) is 144 Å². The number of hydrogen-bond donors (Lipinski definition) is 2. The molecule has 14 heteroatoms. The number of carbonyl (C=O) groups excluding carboxylic acids is 1. The third-order valence-corrected chi connectivity index (χ3v) is 7.44. The van der Waals surface area contributed by atoms with Crippen molar-refractivity contribution < 1.29 is 27.9 Å². The lowest BCUT2D eigenvalue weighted by molar-refractivity contribution is -0.135. The lowest BCUT2D eigenvalue weighted by Gasteiger charge is -2.23. The van der Waals surface area contributed by atoms with E-state index in [1.165, 1.54) is 43.6 Å². The number of hydrogen-bond acceptors (Lipinski definition) is 7. The van der Waals surface area contributed by atoms with Gasteiger partial charge in [0.05, 0.1) is 35.0 Å². The molecule has 0 fully saturated rings. The molecule has 0 saturated carbocycles. The second-order valence-corrected chi connectivity index (χ2v) is 10.7. The van der Waals surface area contributed by atoms with E-state index in [0.717, 1.165) is 4.31 Å². The van der Waals surface area contributed by atoms with E-state index < -0.39 is 22.5 Å². The Balaban J connectivity index is 1.62. The van der Waals surface area contributed by atoms with Crippen molar-refractivity contribution in [2.24, 2.45) is 0 Å². The van der Waals surface area contributed by atoms with Gasteiger partial charge in [-0.1, -0.05) is 23.2 Å². The van der Waals surface area contributed by atoms with Crippen LogP contribution in [0, 0.1) is 0 Å². The first-order valence-corrected chi connectivity index (χ1v) is 13.3. The second kappa shape index (κ2) is 11.3. The molecule has 0 spiro atoms. The maximum absolute atomic E-state index is 13.4. The lowest BCUT2D eigenvalue weighted by atomic mass is 10.2. The zero-order chi connectivity index (χ0) is 27.4. The molecule has 2 aromatic carbocycles. The number of ether oxygens (including phenoxy) is 1. The SMILES string of the molecule is CC(=O)NCCOc1cnc(-n2ccc3cc(N(CC(=O)O)S(=O)(=O)c4cc(Cl)cc(Cl)c4)ccc32)cn1. The quantitative estimate of drug-likeness (QED) is 0.272. The highest BCUT2D eigenvalue weighted by molar-refractivity contribution is 7.92. The number of benzene rings is 2. The summed E-state index contributed by atoms with van der Waals surface area (Å²) in [6.45, 7) is 1.17. The highest BCUT2D eigenvalue weighted by atomic mass is 35.5. The molecule has 2 aromatic heterocycles. The summed E-state index contributed by atoms with van der Waals surface area (Å²) in [6.07, 6.45) is 4.67. The molecule has 0 aliphatic carbocycles. The van der Waals surface area contributed by atoms with Crippen LogP contribution < -0.4 is 14.4 Å². The number of aromatic nitrogens is 3. The lowest BCUT2D eigenvalue weighted by Crippen LogP contribution is -2.35. The molecule has 1 amide bonds. The molecule has 2 heterocycles. The van der Waals surface area contributed by atoms with Crippen LogP contribution in [0.4, 0.5) is 5.69 Å². The normalized spacial score (nSPS) is 11.3. The number of nitrogens with one attached hydrogen (secondary N) is 1. The Hall–Kier alpha value is -3.87. The predicted molar refractivity (Wildman–Crippen MR) is 142 cm³/mol. The molecular weight excluding hydrogens is 557 g/mol. The molecule has 0 saturated heterocycles.